The van der Waals surface area contributed by atoms with Gasteiger partial charge in [-0.1, -0.05) is 12.1 Å². The number of hydrogen-bond donors (Lipinski definition) is 1. The molecule has 1 N–H and O–H groups in total. The zero-order valence-electron chi connectivity index (χ0n) is 10.8. The van der Waals surface area contributed by atoms with Crippen LogP contribution in [0.15, 0.2) is 12.1 Å². The lowest BCUT2D eigenvalue weighted by Gasteiger charge is -2.14. The van der Waals surface area contributed by atoms with Crippen molar-refractivity contribution in [2.45, 2.75) is 52.5 Å². The molecule has 1 nitrogen and oxygen atoms in total. The van der Waals surface area contributed by atoms with Gasteiger partial charge in [0.2, 0.25) is 0 Å². The molecule has 88 valence electrons. The highest BCUT2D eigenvalue weighted by molar-refractivity contribution is 5.38. The van der Waals surface area contributed by atoms with Crippen molar-refractivity contribution < 1.29 is 0 Å². The van der Waals surface area contributed by atoms with Gasteiger partial charge in [-0.3, -0.25) is 0 Å². The second kappa shape index (κ2) is 5.01. The molecule has 0 bridgehead atoms. The molecule has 1 heterocycles. The van der Waals surface area contributed by atoms with Gasteiger partial charge in [0.05, 0.1) is 0 Å². The zero-order chi connectivity index (χ0) is 11.5. The molecule has 1 unspecified atom stereocenters. The van der Waals surface area contributed by atoms with E-state index in [1.807, 2.05) is 0 Å². The molecule has 0 radical (unpaired) electrons. The van der Waals surface area contributed by atoms with Crippen molar-refractivity contribution in [3.05, 3.63) is 34.4 Å². The summed E-state index contributed by atoms with van der Waals surface area (Å²) in [6.45, 7) is 7.92. The highest BCUT2D eigenvalue weighted by Crippen LogP contribution is 2.20. The smallest absolute Gasteiger partial charge is 0.00707 e. The van der Waals surface area contributed by atoms with Crippen LogP contribution in [0.2, 0.25) is 0 Å². The van der Waals surface area contributed by atoms with Crippen molar-refractivity contribution >= 4 is 0 Å². The van der Waals surface area contributed by atoms with Crippen LogP contribution in [-0.2, 0) is 6.42 Å². The van der Waals surface area contributed by atoms with E-state index in [9.17, 15) is 0 Å². The van der Waals surface area contributed by atoms with Gasteiger partial charge in [-0.05, 0) is 75.3 Å². The Morgan fingerprint density at radius 1 is 1.19 bits per heavy atom. The third-order valence-electron chi connectivity index (χ3n) is 4.09. The average molecular weight is 217 g/mol. The van der Waals surface area contributed by atoms with Crippen molar-refractivity contribution in [3.63, 3.8) is 0 Å². The first-order valence-corrected chi connectivity index (χ1v) is 6.47. The maximum Gasteiger partial charge on any atom is 0.00707 e. The predicted octanol–water partition coefficient (Wildman–Crippen LogP) is 3.30. The third-order valence-corrected chi connectivity index (χ3v) is 4.09. The van der Waals surface area contributed by atoms with E-state index in [1.54, 1.807) is 0 Å². The first-order chi connectivity index (χ1) is 7.68. The van der Waals surface area contributed by atoms with E-state index in [-0.39, 0.29) is 0 Å². The largest absolute Gasteiger partial charge is 0.314 e. The number of nitrogens with one attached hydrogen (secondary N) is 1. The molecule has 16 heavy (non-hydrogen) atoms. The molecule has 1 fully saturated rings. The Hall–Kier alpha value is -0.820. The summed E-state index contributed by atoms with van der Waals surface area (Å²) in [6.07, 6.45) is 5.24. The summed E-state index contributed by atoms with van der Waals surface area (Å²) in [5.74, 6) is 0. The summed E-state index contributed by atoms with van der Waals surface area (Å²) in [5, 5.41) is 3.57. The van der Waals surface area contributed by atoms with E-state index in [2.05, 4.69) is 38.2 Å². The Kier molecular flexibility index (Phi) is 3.65. The molecule has 0 spiro atoms. The van der Waals surface area contributed by atoms with Crippen LogP contribution in [0.3, 0.4) is 0 Å². The second-order valence-electron chi connectivity index (χ2n) is 5.12. The summed E-state index contributed by atoms with van der Waals surface area (Å²) in [4.78, 5) is 0. The van der Waals surface area contributed by atoms with Crippen LogP contribution >= 0.6 is 0 Å². The summed E-state index contributed by atoms with van der Waals surface area (Å²) in [5.41, 5.74) is 5.92. The minimum atomic E-state index is 0.765. The van der Waals surface area contributed by atoms with E-state index in [0.717, 1.165) is 6.04 Å². The number of hydrogen-bond acceptors (Lipinski definition) is 1. The molecule has 1 aliphatic heterocycles. The maximum absolute atomic E-state index is 3.57. The van der Waals surface area contributed by atoms with Crippen LogP contribution in [0.5, 0.6) is 0 Å². The van der Waals surface area contributed by atoms with Crippen molar-refractivity contribution in [2.75, 3.05) is 6.54 Å². The molecule has 1 aliphatic rings. The van der Waals surface area contributed by atoms with Gasteiger partial charge >= 0.3 is 0 Å². The first kappa shape index (κ1) is 11.7. The predicted molar refractivity (Wildman–Crippen MR) is 70.0 cm³/mol. The Morgan fingerprint density at radius 2 is 2.00 bits per heavy atom. The molecule has 0 aliphatic carbocycles. The van der Waals surface area contributed by atoms with Gasteiger partial charge in [0.15, 0.2) is 0 Å². The number of benzene rings is 1. The minimum absolute atomic E-state index is 0.765. The maximum atomic E-state index is 3.57. The van der Waals surface area contributed by atoms with Crippen molar-refractivity contribution in [1.82, 2.24) is 5.32 Å². The SMILES string of the molecule is Cc1ccc(CCC2CCCN2)c(C)c1C. The average Bonchev–Trinajstić information content (AvgIpc) is 2.78. The van der Waals surface area contributed by atoms with Crippen molar-refractivity contribution in [2.24, 2.45) is 0 Å². The molecule has 1 heteroatoms. The van der Waals surface area contributed by atoms with Gasteiger partial charge in [0, 0.05) is 6.04 Å². The Balaban J connectivity index is 2.01. The standard InChI is InChI=1S/C15H23N/c1-11-6-7-14(13(3)12(11)2)8-9-15-5-4-10-16-15/h6-7,15-16H,4-5,8-10H2,1-3H3. The van der Waals surface area contributed by atoms with E-state index in [4.69, 9.17) is 0 Å². The fourth-order valence-corrected chi connectivity index (χ4v) is 2.62. The molecule has 1 aromatic carbocycles. The lowest BCUT2D eigenvalue weighted by Crippen LogP contribution is -2.21. The third kappa shape index (κ3) is 2.46. The Bertz CT molecular complexity index is 362. The van der Waals surface area contributed by atoms with Crippen LogP contribution in [0, 0.1) is 20.8 Å². The summed E-state index contributed by atoms with van der Waals surface area (Å²) in [7, 11) is 0. The van der Waals surface area contributed by atoms with E-state index in [0.29, 0.717) is 0 Å². The van der Waals surface area contributed by atoms with Crippen LogP contribution in [-0.4, -0.2) is 12.6 Å². The van der Waals surface area contributed by atoms with Crippen LogP contribution < -0.4 is 5.32 Å². The van der Waals surface area contributed by atoms with Crippen LogP contribution in [0.1, 0.15) is 41.5 Å². The molecule has 0 amide bonds. The molecule has 0 aromatic heterocycles. The van der Waals surface area contributed by atoms with Gasteiger partial charge in [0.25, 0.3) is 0 Å². The van der Waals surface area contributed by atoms with Gasteiger partial charge in [-0.2, -0.15) is 0 Å². The van der Waals surface area contributed by atoms with E-state index < -0.39 is 0 Å². The van der Waals surface area contributed by atoms with Crippen LogP contribution in [0.4, 0.5) is 0 Å². The van der Waals surface area contributed by atoms with Crippen molar-refractivity contribution in [1.29, 1.82) is 0 Å². The molecule has 0 saturated carbocycles. The highest BCUT2D eigenvalue weighted by atomic mass is 14.9. The van der Waals surface area contributed by atoms with E-state index >= 15 is 0 Å². The molecule has 1 saturated heterocycles. The highest BCUT2D eigenvalue weighted by Gasteiger charge is 2.14. The van der Waals surface area contributed by atoms with Gasteiger partial charge in [-0.15, -0.1) is 0 Å². The van der Waals surface area contributed by atoms with Gasteiger partial charge < -0.3 is 5.32 Å². The van der Waals surface area contributed by atoms with Crippen LogP contribution in [0.25, 0.3) is 0 Å². The molecular weight excluding hydrogens is 194 g/mol. The van der Waals surface area contributed by atoms with Gasteiger partial charge in [-0.25, -0.2) is 0 Å². The lowest BCUT2D eigenvalue weighted by molar-refractivity contribution is 0.558. The zero-order valence-corrected chi connectivity index (χ0v) is 10.8. The molecule has 1 aromatic rings. The summed E-state index contributed by atoms with van der Waals surface area (Å²) >= 11 is 0. The monoisotopic (exact) mass is 217 g/mol. The van der Waals surface area contributed by atoms with Gasteiger partial charge in [0.1, 0.15) is 0 Å². The second-order valence-corrected chi connectivity index (χ2v) is 5.12. The normalized spacial score (nSPS) is 20.3. The fourth-order valence-electron chi connectivity index (χ4n) is 2.62. The molecule has 1 atom stereocenters. The van der Waals surface area contributed by atoms with Crippen molar-refractivity contribution in [3.8, 4) is 0 Å². The van der Waals surface area contributed by atoms with E-state index in [1.165, 1.54) is 54.5 Å². The Labute approximate surface area is 99.3 Å². The molecule has 2 rings (SSSR count). The minimum Gasteiger partial charge on any atom is -0.314 e. The fraction of sp³-hybridized carbons (Fsp3) is 0.600. The number of rotatable bonds is 3. The quantitative estimate of drug-likeness (QED) is 0.819. The summed E-state index contributed by atoms with van der Waals surface area (Å²) < 4.78 is 0. The molecular formula is C15H23N. The Morgan fingerprint density at radius 3 is 2.69 bits per heavy atom. The first-order valence-electron chi connectivity index (χ1n) is 6.47. The summed E-state index contributed by atoms with van der Waals surface area (Å²) in [6, 6.07) is 5.34. The topological polar surface area (TPSA) is 12.0 Å². The number of aryl methyl sites for hydroxylation is 2. The lowest BCUT2D eigenvalue weighted by atomic mass is 9.94.